The van der Waals surface area contributed by atoms with Crippen LogP contribution in [0.25, 0.3) is 21.6 Å². The van der Waals surface area contributed by atoms with E-state index in [-0.39, 0.29) is 0 Å². The number of anilines is 1. The summed E-state index contributed by atoms with van der Waals surface area (Å²) in [5.74, 6) is 2.57. The SMILES string of the molecule is c1cncc(-c2nc(NC3CCOC(C4CC4)C3)c3c4c(sc3n2)CCC4)c1. The fraction of sp³-hybridized carbons (Fsp3) is 0.500. The van der Waals surface area contributed by atoms with Crippen molar-refractivity contribution in [1.29, 1.82) is 0 Å². The molecule has 144 valence electrons. The molecule has 2 atom stereocenters. The molecule has 1 aliphatic heterocycles. The van der Waals surface area contributed by atoms with Crippen molar-refractivity contribution in [3.63, 3.8) is 0 Å². The number of rotatable bonds is 4. The van der Waals surface area contributed by atoms with Gasteiger partial charge in [0, 0.05) is 35.5 Å². The van der Waals surface area contributed by atoms with Crippen molar-refractivity contribution in [1.82, 2.24) is 15.0 Å². The molecule has 6 rings (SSSR count). The molecule has 3 aromatic rings. The van der Waals surface area contributed by atoms with Gasteiger partial charge in [-0.3, -0.25) is 4.98 Å². The lowest BCUT2D eigenvalue weighted by atomic mass is 10.00. The Morgan fingerprint density at radius 1 is 1.14 bits per heavy atom. The first-order chi connectivity index (χ1) is 13.8. The van der Waals surface area contributed by atoms with Crippen molar-refractivity contribution in [2.75, 3.05) is 11.9 Å². The van der Waals surface area contributed by atoms with E-state index < -0.39 is 0 Å². The highest BCUT2D eigenvalue weighted by Crippen LogP contribution is 2.42. The molecule has 1 N–H and O–H groups in total. The molecule has 6 heteroatoms. The van der Waals surface area contributed by atoms with Crippen molar-refractivity contribution < 1.29 is 4.74 Å². The second-order valence-electron chi connectivity index (χ2n) is 8.29. The Labute approximate surface area is 168 Å². The second kappa shape index (κ2) is 6.78. The van der Waals surface area contributed by atoms with Crippen LogP contribution in [0.3, 0.4) is 0 Å². The van der Waals surface area contributed by atoms with Gasteiger partial charge in [0.05, 0.1) is 11.5 Å². The van der Waals surface area contributed by atoms with Crippen LogP contribution in [0.2, 0.25) is 0 Å². The summed E-state index contributed by atoms with van der Waals surface area (Å²) in [5, 5.41) is 5.08. The minimum atomic E-state index is 0.426. The molecule has 28 heavy (non-hydrogen) atoms. The summed E-state index contributed by atoms with van der Waals surface area (Å²) in [4.78, 5) is 16.8. The monoisotopic (exact) mass is 392 g/mol. The van der Waals surface area contributed by atoms with Gasteiger partial charge in [-0.2, -0.15) is 0 Å². The molecule has 5 nitrogen and oxygen atoms in total. The number of hydrogen-bond acceptors (Lipinski definition) is 6. The number of nitrogens with one attached hydrogen (secondary N) is 1. The van der Waals surface area contributed by atoms with Crippen molar-refractivity contribution in [2.45, 2.75) is 57.1 Å². The van der Waals surface area contributed by atoms with E-state index in [9.17, 15) is 0 Å². The molecule has 3 aromatic heterocycles. The summed E-state index contributed by atoms with van der Waals surface area (Å²) >= 11 is 1.85. The Morgan fingerprint density at radius 2 is 2.11 bits per heavy atom. The molecule has 4 heterocycles. The lowest BCUT2D eigenvalue weighted by molar-refractivity contribution is -0.00221. The largest absolute Gasteiger partial charge is 0.378 e. The second-order valence-corrected chi connectivity index (χ2v) is 9.37. The Morgan fingerprint density at radius 3 is 2.96 bits per heavy atom. The Hall–Kier alpha value is -2.05. The number of ether oxygens (including phenoxy) is 1. The zero-order chi connectivity index (χ0) is 18.5. The van der Waals surface area contributed by atoms with Crippen molar-refractivity contribution in [2.24, 2.45) is 5.92 Å². The number of pyridine rings is 1. The van der Waals surface area contributed by atoms with Crippen molar-refractivity contribution in [3.05, 3.63) is 35.0 Å². The summed E-state index contributed by atoms with van der Waals surface area (Å²) in [6, 6.07) is 4.41. The number of hydrogen-bond donors (Lipinski definition) is 1. The van der Waals surface area contributed by atoms with Crippen LogP contribution in [-0.2, 0) is 17.6 Å². The smallest absolute Gasteiger partial charge is 0.164 e. The van der Waals surface area contributed by atoms with Crippen LogP contribution in [0.5, 0.6) is 0 Å². The van der Waals surface area contributed by atoms with E-state index in [1.807, 2.05) is 29.7 Å². The third-order valence-corrected chi connectivity index (χ3v) is 7.47. The van der Waals surface area contributed by atoms with Gasteiger partial charge in [0.1, 0.15) is 10.6 Å². The highest BCUT2D eigenvalue weighted by atomic mass is 32.1. The van der Waals surface area contributed by atoms with Gasteiger partial charge in [-0.1, -0.05) is 0 Å². The molecule has 2 unspecified atom stereocenters. The van der Waals surface area contributed by atoms with Gasteiger partial charge in [0.2, 0.25) is 0 Å². The van der Waals surface area contributed by atoms with E-state index in [0.29, 0.717) is 12.1 Å². The van der Waals surface area contributed by atoms with Gasteiger partial charge < -0.3 is 10.1 Å². The minimum absolute atomic E-state index is 0.426. The molecule has 0 bridgehead atoms. The zero-order valence-electron chi connectivity index (χ0n) is 15.9. The van der Waals surface area contributed by atoms with Gasteiger partial charge in [0.15, 0.2) is 5.82 Å². The molecule has 0 amide bonds. The van der Waals surface area contributed by atoms with Crippen LogP contribution < -0.4 is 5.32 Å². The summed E-state index contributed by atoms with van der Waals surface area (Å²) in [7, 11) is 0. The molecular formula is C22H24N4OS. The maximum atomic E-state index is 6.03. The van der Waals surface area contributed by atoms with E-state index >= 15 is 0 Å². The topological polar surface area (TPSA) is 59.9 Å². The molecule has 1 saturated carbocycles. The van der Waals surface area contributed by atoms with E-state index in [0.717, 1.165) is 53.8 Å². The number of fused-ring (bicyclic) bond motifs is 3. The number of aryl methyl sites for hydroxylation is 2. The van der Waals surface area contributed by atoms with Gasteiger partial charge in [-0.25, -0.2) is 9.97 Å². The van der Waals surface area contributed by atoms with Crippen LogP contribution >= 0.6 is 11.3 Å². The third-order valence-electron chi connectivity index (χ3n) is 6.29. The van der Waals surface area contributed by atoms with E-state index in [2.05, 4.69) is 10.3 Å². The van der Waals surface area contributed by atoms with Crippen LogP contribution in [0.4, 0.5) is 5.82 Å². The van der Waals surface area contributed by atoms with Crippen LogP contribution in [0, 0.1) is 5.92 Å². The number of aromatic nitrogens is 3. The third kappa shape index (κ3) is 2.99. The first-order valence-corrected chi connectivity index (χ1v) is 11.3. The Balaban J connectivity index is 1.40. The molecule has 2 fully saturated rings. The Kier molecular flexibility index (Phi) is 4.08. The van der Waals surface area contributed by atoms with Gasteiger partial charge in [-0.05, 0) is 68.6 Å². The average Bonchev–Trinajstić information content (AvgIpc) is 3.38. The normalized spacial score (nSPS) is 24.4. The van der Waals surface area contributed by atoms with Gasteiger partial charge >= 0.3 is 0 Å². The van der Waals surface area contributed by atoms with E-state index in [1.54, 1.807) is 6.20 Å². The summed E-state index contributed by atoms with van der Waals surface area (Å²) in [6.45, 7) is 0.851. The van der Waals surface area contributed by atoms with Gasteiger partial charge in [0.25, 0.3) is 0 Å². The van der Waals surface area contributed by atoms with E-state index in [4.69, 9.17) is 14.7 Å². The van der Waals surface area contributed by atoms with Crippen LogP contribution in [0.15, 0.2) is 24.5 Å². The highest BCUT2D eigenvalue weighted by Gasteiger charge is 2.36. The van der Waals surface area contributed by atoms with E-state index in [1.165, 1.54) is 41.5 Å². The zero-order valence-corrected chi connectivity index (χ0v) is 16.7. The highest BCUT2D eigenvalue weighted by molar-refractivity contribution is 7.19. The number of nitrogens with zero attached hydrogens (tertiary/aromatic N) is 3. The maximum Gasteiger partial charge on any atom is 0.164 e. The summed E-state index contributed by atoms with van der Waals surface area (Å²) < 4.78 is 6.03. The lowest BCUT2D eigenvalue weighted by Gasteiger charge is -2.30. The van der Waals surface area contributed by atoms with Crippen LogP contribution in [0.1, 0.15) is 42.5 Å². The molecule has 3 aliphatic rings. The molecule has 0 aromatic carbocycles. The lowest BCUT2D eigenvalue weighted by Crippen LogP contribution is -2.35. The quantitative estimate of drug-likeness (QED) is 0.702. The Bertz CT molecular complexity index is 1010. The van der Waals surface area contributed by atoms with Crippen molar-refractivity contribution in [3.8, 4) is 11.4 Å². The molecule has 0 radical (unpaired) electrons. The minimum Gasteiger partial charge on any atom is -0.378 e. The van der Waals surface area contributed by atoms with Crippen molar-refractivity contribution >= 4 is 27.4 Å². The summed E-state index contributed by atoms with van der Waals surface area (Å²) in [6.07, 6.45) is 12.4. The first-order valence-electron chi connectivity index (χ1n) is 10.5. The average molecular weight is 393 g/mol. The molecule has 0 spiro atoms. The summed E-state index contributed by atoms with van der Waals surface area (Å²) in [5.41, 5.74) is 2.45. The standard InChI is InChI=1S/C22H24N4OS/c1-4-16-18(5-1)28-22-19(16)21(25-20(26-22)14-3-2-9-23-12-14)24-15-8-10-27-17(11-15)13-6-7-13/h2-3,9,12-13,15,17H,1,4-8,10-11H2,(H,24,25,26). The molecular weight excluding hydrogens is 368 g/mol. The van der Waals surface area contributed by atoms with Crippen LogP contribution in [-0.4, -0.2) is 33.7 Å². The fourth-order valence-electron chi connectivity index (χ4n) is 4.67. The predicted octanol–water partition coefficient (Wildman–Crippen LogP) is 4.61. The first kappa shape index (κ1) is 16.9. The number of thiophene rings is 1. The predicted molar refractivity (Wildman–Crippen MR) is 112 cm³/mol. The fourth-order valence-corrected chi connectivity index (χ4v) is 5.93. The molecule has 2 aliphatic carbocycles. The van der Waals surface area contributed by atoms with Gasteiger partial charge in [-0.15, -0.1) is 11.3 Å². The maximum absolute atomic E-state index is 6.03. The molecule has 1 saturated heterocycles.